The number of thioether (sulfide) groups is 1. The minimum atomic E-state index is 0.435. The highest BCUT2D eigenvalue weighted by atomic mass is 35.5. The van der Waals surface area contributed by atoms with Crippen LogP contribution in [-0.4, -0.2) is 24.7 Å². The maximum absolute atomic E-state index is 6.11. The minimum Gasteiger partial charge on any atom is -0.334 e. The van der Waals surface area contributed by atoms with Gasteiger partial charge in [0.1, 0.15) is 0 Å². The molecule has 4 rings (SSSR count). The van der Waals surface area contributed by atoms with Crippen LogP contribution in [0.15, 0.2) is 46.2 Å². The summed E-state index contributed by atoms with van der Waals surface area (Å²) in [5.74, 6) is 1.44. The fraction of sp³-hybridized carbons (Fsp3) is 0.0667. The molecule has 6 nitrogen and oxygen atoms in total. The quantitative estimate of drug-likeness (QED) is 0.438. The van der Waals surface area contributed by atoms with Gasteiger partial charge in [0.2, 0.25) is 0 Å². The molecular formula is C15H8Cl3N5OS. The van der Waals surface area contributed by atoms with E-state index in [-0.39, 0.29) is 0 Å². The van der Waals surface area contributed by atoms with Crippen molar-refractivity contribution in [3.63, 3.8) is 0 Å². The fourth-order valence-corrected chi connectivity index (χ4v) is 3.54. The number of aromatic nitrogens is 5. The third kappa shape index (κ3) is 3.46. The smallest absolute Gasteiger partial charge is 0.257 e. The summed E-state index contributed by atoms with van der Waals surface area (Å²) in [7, 11) is 0. The van der Waals surface area contributed by atoms with Crippen LogP contribution in [0.4, 0.5) is 0 Å². The lowest BCUT2D eigenvalue weighted by atomic mass is 10.2. The lowest BCUT2D eigenvalue weighted by Crippen LogP contribution is -1.90. The maximum Gasteiger partial charge on any atom is 0.257 e. The maximum atomic E-state index is 6.11. The van der Waals surface area contributed by atoms with Crippen LogP contribution in [-0.2, 0) is 5.75 Å². The molecule has 0 amide bonds. The molecule has 0 N–H and O–H groups in total. The average molecular weight is 413 g/mol. The molecule has 3 aromatic heterocycles. The molecule has 0 atom stereocenters. The molecule has 0 radical (unpaired) electrons. The van der Waals surface area contributed by atoms with Gasteiger partial charge in [0, 0.05) is 16.8 Å². The Bertz CT molecular complexity index is 1050. The van der Waals surface area contributed by atoms with Crippen molar-refractivity contribution < 1.29 is 4.52 Å². The molecule has 25 heavy (non-hydrogen) atoms. The number of halogens is 3. The van der Waals surface area contributed by atoms with Crippen LogP contribution in [0.3, 0.4) is 0 Å². The van der Waals surface area contributed by atoms with E-state index in [9.17, 15) is 0 Å². The molecule has 0 saturated carbocycles. The van der Waals surface area contributed by atoms with E-state index in [1.807, 2.05) is 12.1 Å². The highest BCUT2D eigenvalue weighted by Gasteiger charge is 2.13. The summed E-state index contributed by atoms with van der Waals surface area (Å²) < 4.78 is 7.02. The first-order valence-corrected chi connectivity index (χ1v) is 9.13. The second-order valence-corrected chi connectivity index (χ2v) is 7.22. The number of nitrogens with zero attached hydrogens (tertiary/aromatic N) is 5. The molecule has 0 unspecified atom stereocenters. The van der Waals surface area contributed by atoms with Crippen molar-refractivity contribution in [2.24, 2.45) is 0 Å². The number of hydrogen-bond donors (Lipinski definition) is 0. The second-order valence-electron chi connectivity index (χ2n) is 4.99. The molecule has 1 aromatic carbocycles. The van der Waals surface area contributed by atoms with Gasteiger partial charge < -0.3 is 4.52 Å². The molecule has 4 aromatic rings. The van der Waals surface area contributed by atoms with Gasteiger partial charge in [0.05, 0.1) is 15.8 Å². The largest absolute Gasteiger partial charge is 0.334 e. The van der Waals surface area contributed by atoms with Gasteiger partial charge in [-0.15, -0.1) is 10.2 Å². The molecule has 0 fully saturated rings. The van der Waals surface area contributed by atoms with Crippen LogP contribution in [0.25, 0.3) is 17.1 Å². The second kappa shape index (κ2) is 6.84. The minimum absolute atomic E-state index is 0.435. The fourth-order valence-electron chi connectivity index (χ4n) is 2.15. The normalized spacial score (nSPS) is 11.3. The highest BCUT2D eigenvalue weighted by molar-refractivity contribution is 7.98. The molecular weight excluding hydrogens is 405 g/mol. The first-order chi connectivity index (χ1) is 12.1. The van der Waals surface area contributed by atoms with Crippen molar-refractivity contribution in [3.8, 4) is 11.5 Å². The average Bonchev–Trinajstić information content (AvgIpc) is 3.21. The molecule has 0 aliphatic rings. The molecule has 3 heterocycles. The van der Waals surface area contributed by atoms with Crippen LogP contribution < -0.4 is 0 Å². The van der Waals surface area contributed by atoms with Crippen molar-refractivity contribution in [1.82, 2.24) is 24.7 Å². The molecule has 0 spiro atoms. The standard InChI is InChI=1S/C15H8Cl3N5OS/c16-9-3-1-8(2-4-9)14-19-12(22-24-14)7-25-15-21-20-13-11(18)5-10(17)6-23(13)15/h1-6H,7H2. The van der Waals surface area contributed by atoms with Crippen molar-refractivity contribution >= 4 is 52.2 Å². The highest BCUT2D eigenvalue weighted by Crippen LogP contribution is 2.27. The van der Waals surface area contributed by atoms with E-state index >= 15 is 0 Å². The number of pyridine rings is 1. The van der Waals surface area contributed by atoms with Crippen molar-refractivity contribution in [2.75, 3.05) is 0 Å². The lowest BCUT2D eigenvalue weighted by Gasteiger charge is -1.99. The zero-order chi connectivity index (χ0) is 17.4. The zero-order valence-electron chi connectivity index (χ0n) is 12.4. The topological polar surface area (TPSA) is 69.1 Å². The summed E-state index contributed by atoms with van der Waals surface area (Å²) >= 11 is 19.4. The van der Waals surface area contributed by atoms with Crippen molar-refractivity contribution in [2.45, 2.75) is 10.9 Å². The number of benzene rings is 1. The molecule has 10 heteroatoms. The summed E-state index contributed by atoms with van der Waals surface area (Å²) in [4.78, 5) is 4.37. The van der Waals surface area contributed by atoms with E-state index in [1.54, 1.807) is 28.8 Å². The summed E-state index contributed by atoms with van der Waals surface area (Å²) in [5, 5.41) is 14.4. The number of hydrogen-bond acceptors (Lipinski definition) is 6. The van der Waals surface area contributed by atoms with E-state index in [4.69, 9.17) is 39.3 Å². The van der Waals surface area contributed by atoms with Crippen LogP contribution in [0.1, 0.15) is 5.82 Å². The Labute approximate surface area is 161 Å². The van der Waals surface area contributed by atoms with Gasteiger partial charge in [0.25, 0.3) is 5.89 Å². The monoisotopic (exact) mass is 411 g/mol. The molecule has 0 bridgehead atoms. The van der Waals surface area contributed by atoms with Gasteiger partial charge >= 0.3 is 0 Å². The van der Waals surface area contributed by atoms with Gasteiger partial charge in [0.15, 0.2) is 16.6 Å². The van der Waals surface area contributed by atoms with Gasteiger partial charge in [-0.1, -0.05) is 51.7 Å². The predicted octanol–water partition coefficient (Wildman–Crippen LogP) is 5.03. The first-order valence-electron chi connectivity index (χ1n) is 7.01. The predicted molar refractivity (Wildman–Crippen MR) is 97.3 cm³/mol. The lowest BCUT2D eigenvalue weighted by molar-refractivity contribution is 0.425. The molecule has 0 aliphatic carbocycles. The Morgan fingerprint density at radius 2 is 1.84 bits per heavy atom. The van der Waals surface area contributed by atoms with Crippen LogP contribution >= 0.6 is 46.6 Å². The van der Waals surface area contributed by atoms with Crippen LogP contribution in [0.2, 0.25) is 15.1 Å². The molecule has 126 valence electrons. The van der Waals surface area contributed by atoms with Crippen LogP contribution in [0, 0.1) is 0 Å². The third-order valence-corrected chi connectivity index (χ3v) is 4.96. The third-order valence-electron chi connectivity index (χ3n) is 3.28. The summed E-state index contributed by atoms with van der Waals surface area (Å²) in [6.45, 7) is 0. The van der Waals surface area contributed by atoms with Gasteiger partial charge in [-0.2, -0.15) is 4.98 Å². The summed E-state index contributed by atoms with van der Waals surface area (Å²) in [6, 6.07) is 8.81. The zero-order valence-corrected chi connectivity index (χ0v) is 15.4. The molecule has 0 aliphatic heterocycles. The Morgan fingerprint density at radius 1 is 1.04 bits per heavy atom. The van der Waals surface area contributed by atoms with E-state index < -0.39 is 0 Å². The van der Waals surface area contributed by atoms with Crippen LogP contribution in [0.5, 0.6) is 0 Å². The molecule has 0 saturated heterocycles. The Balaban J connectivity index is 1.53. The Morgan fingerprint density at radius 3 is 2.64 bits per heavy atom. The van der Waals surface area contributed by atoms with E-state index in [1.165, 1.54) is 11.8 Å². The number of fused-ring (bicyclic) bond motifs is 1. The van der Waals surface area contributed by atoms with E-state index in [0.717, 1.165) is 5.56 Å². The number of rotatable bonds is 4. The van der Waals surface area contributed by atoms with E-state index in [0.29, 0.717) is 43.3 Å². The van der Waals surface area contributed by atoms with Gasteiger partial charge in [-0.3, -0.25) is 4.40 Å². The van der Waals surface area contributed by atoms with Gasteiger partial charge in [-0.25, -0.2) is 0 Å². The Kier molecular flexibility index (Phi) is 4.56. The van der Waals surface area contributed by atoms with E-state index in [2.05, 4.69) is 20.3 Å². The SMILES string of the molecule is Clc1ccc(-c2nc(CSc3nnc4c(Cl)cc(Cl)cn34)no2)cc1. The van der Waals surface area contributed by atoms with Crippen molar-refractivity contribution in [1.29, 1.82) is 0 Å². The first kappa shape index (κ1) is 16.7. The Hall–Kier alpha value is -1.80. The van der Waals surface area contributed by atoms with Crippen molar-refractivity contribution in [3.05, 3.63) is 57.4 Å². The summed E-state index contributed by atoms with van der Waals surface area (Å²) in [6.07, 6.45) is 1.71. The summed E-state index contributed by atoms with van der Waals surface area (Å²) in [5.41, 5.74) is 1.35. The van der Waals surface area contributed by atoms with Gasteiger partial charge in [-0.05, 0) is 30.3 Å².